The largest absolute Gasteiger partial charge is 0.464 e. The standard InChI is InChI=1S/C11H16BrFO/c1-4-5-6-11(2,3)10-9(12)8(13)7-14-10/h7H,4-6H2,1-3H3. The lowest BCUT2D eigenvalue weighted by atomic mass is 9.85. The topological polar surface area (TPSA) is 13.1 Å². The highest BCUT2D eigenvalue weighted by atomic mass is 79.9. The van der Waals surface area contributed by atoms with Gasteiger partial charge in [-0.05, 0) is 22.4 Å². The SMILES string of the molecule is CCCCC(C)(C)c1occ(F)c1Br. The van der Waals surface area contributed by atoms with E-state index in [9.17, 15) is 4.39 Å². The van der Waals surface area contributed by atoms with Crippen molar-refractivity contribution in [3.8, 4) is 0 Å². The first kappa shape index (κ1) is 11.8. The second-order valence-electron chi connectivity index (χ2n) is 4.21. The summed E-state index contributed by atoms with van der Waals surface area (Å²) in [5, 5.41) is 0. The van der Waals surface area contributed by atoms with Crippen molar-refractivity contribution in [2.75, 3.05) is 0 Å². The Morgan fingerprint density at radius 1 is 1.50 bits per heavy atom. The van der Waals surface area contributed by atoms with Crippen LogP contribution in [0.3, 0.4) is 0 Å². The normalized spacial score (nSPS) is 12.1. The van der Waals surface area contributed by atoms with Gasteiger partial charge in [0.15, 0.2) is 5.82 Å². The summed E-state index contributed by atoms with van der Waals surface area (Å²) in [6.07, 6.45) is 4.44. The molecule has 3 heteroatoms. The van der Waals surface area contributed by atoms with Gasteiger partial charge in [-0.25, -0.2) is 4.39 Å². The molecule has 0 bridgehead atoms. The van der Waals surface area contributed by atoms with Gasteiger partial charge in [-0.2, -0.15) is 0 Å². The summed E-state index contributed by atoms with van der Waals surface area (Å²) in [5.41, 5.74) is -0.0980. The molecule has 0 aliphatic carbocycles. The Bertz CT molecular complexity index is 304. The fraction of sp³-hybridized carbons (Fsp3) is 0.636. The predicted molar refractivity (Wildman–Crippen MR) is 58.9 cm³/mol. The third-order valence-electron chi connectivity index (χ3n) is 2.46. The predicted octanol–water partition coefficient (Wildman–Crippen LogP) is 4.65. The molecule has 0 radical (unpaired) electrons. The second-order valence-corrected chi connectivity index (χ2v) is 5.01. The molecule has 0 aromatic carbocycles. The summed E-state index contributed by atoms with van der Waals surface area (Å²) < 4.78 is 18.8. The molecule has 0 saturated carbocycles. The minimum atomic E-state index is -0.315. The fourth-order valence-electron chi connectivity index (χ4n) is 1.51. The van der Waals surface area contributed by atoms with Crippen molar-refractivity contribution in [2.45, 2.75) is 45.4 Å². The van der Waals surface area contributed by atoms with Gasteiger partial charge in [0.1, 0.15) is 12.0 Å². The van der Waals surface area contributed by atoms with Crippen molar-refractivity contribution in [2.24, 2.45) is 0 Å². The third-order valence-corrected chi connectivity index (χ3v) is 3.20. The molecule has 1 aromatic heterocycles. The summed E-state index contributed by atoms with van der Waals surface area (Å²) in [6.45, 7) is 6.30. The Balaban J connectivity index is 2.86. The summed E-state index contributed by atoms with van der Waals surface area (Å²) in [4.78, 5) is 0. The maximum absolute atomic E-state index is 13.1. The van der Waals surface area contributed by atoms with Gasteiger partial charge in [0.05, 0.1) is 4.47 Å². The van der Waals surface area contributed by atoms with Crippen LogP contribution in [-0.4, -0.2) is 0 Å². The van der Waals surface area contributed by atoms with Crippen LogP contribution in [0.1, 0.15) is 45.8 Å². The summed E-state index contributed by atoms with van der Waals surface area (Å²) in [6, 6.07) is 0. The van der Waals surface area contributed by atoms with Crippen LogP contribution < -0.4 is 0 Å². The second kappa shape index (κ2) is 4.47. The van der Waals surface area contributed by atoms with Crippen molar-refractivity contribution in [3.05, 3.63) is 22.3 Å². The van der Waals surface area contributed by atoms with E-state index in [4.69, 9.17) is 4.42 Å². The summed E-state index contributed by atoms with van der Waals surface area (Å²) in [7, 11) is 0. The molecule has 0 fully saturated rings. The van der Waals surface area contributed by atoms with Gasteiger partial charge < -0.3 is 4.42 Å². The zero-order valence-electron chi connectivity index (χ0n) is 8.86. The minimum absolute atomic E-state index is 0.0980. The van der Waals surface area contributed by atoms with E-state index in [1.165, 1.54) is 0 Å². The van der Waals surface area contributed by atoms with Crippen LogP contribution in [0.4, 0.5) is 4.39 Å². The van der Waals surface area contributed by atoms with Crippen LogP contribution in [0.5, 0.6) is 0 Å². The Morgan fingerprint density at radius 2 is 2.14 bits per heavy atom. The van der Waals surface area contributed by atoms with Crippen LogP contribution in [-0.2, 0) is 5.41 Å². The minimum Gasteiger partial charge on any atom is -0.464 e. The first-order valence-electron chi connectivity index (χ1n) is 4.92. The molecule has 0 saturated heterocycles. The van der Waals surface area contributed by atoms with Gasteiger partial charge >= 0.3 is 0 Å². The van der Waals surface area contributed by atoms with Gasteiger partial charge in [0, 0.05) is 5.41 Å². The average Bonchev–Trinajstić information content (AvgIpc) is 2.45. The lowest BCUT2D eigenvalue weighted by Crippen LogP contribution is -2.16. The maximum Gasteiger partial charge on any atom is 0.175 e. The van der Waals surface area contributed by atoms with E-state index in [-0.39, 0.29) is 11.2 Å². The van der Waals surface area contributed by atoms with E-state index in [0.717, 1.165) is 25.5 Å². The molecular weight excluding hydrogens is 247 g/mol. The maximum atomic E-state index is 13.1. The highest BCUT2D eigenvalue weighted by Gasteiger charge is 2.27. The molecule has 1 rings (SSSR count). The molecule has 0 spiro atoms. The Kier molecular flexibility index (Phi) is 3.76. The van der Waals surface area contributed by atoms with Gasteiger partial charge in [-0.15, -0.1) is 0 Å². The zero-order chi connectivity index (χ0) is 10.8. The molecule has 0 aliphatic rings. The molecule has 0 N–H and O–H groups in total. The van der Waals surface area contributed by atoms with Crippen molar-refractivity contribution in [3.63, 3.8) is 0 Å². The third kappa shape index (κ3) is 2.38. The fourth-order valence-corrected chi connectivity index (χ4v) is 2.24. The molecule has 1 aromatic rings. The number of rotatable bonds is 4. The van der Waals surface area contributed by atoms with E-state index in [0.29, 0.717) is 10.2 Å². The lowest BCUT2D eigenvalue weighted by Gasteiger charge is -2.22. The monoisotopic (exact) mass is 262 g/mol. The molecular formula is C11H16BrFO. The zero-order valence-corrected chi connectivity index (χ0v) is 10.4. The van der Waals surface area contributed by atoms with E-state index in [1.807, 2.05) is 0 Å². The van der Waals surface area contributed by atoms with Crippen molar-refractivity contribution in [1.29, 1.82) is 0 Å². The Labute approximate surface area is 92.8 Å². The lowest BCUT2D eigenvalue weighted by molar-refractivity contribution is 0.353. The van der Waals surface area contributed by atoms with Crippen LogP contribution in [0, 0.1) is 5.82 Å². The van der Waals surface area contributed by atoms with Gasteiger partial charge in [-0.3, -0.25) is 0 Å². The van der Waals surface area contributed by atoms with Gasteiger partial charge in [0.2, 0.25) is 0 Å². The van der Waals surface area contributed by atoms with E-state index >= 15 is 0 Å². The smallest absolute Gasteiger partial charge is 0.175 e. The highest BCUT2D eigenvalue weighted by molar-refractivity contribution is 9.10. The van der Waals surface area contributed by atoms with Crippen molar-refractivity contribution in [1.82, 2.24) is 0 Å². The van der Waals surface area contributed by atoms with E-state index in [1.54, 1.807) is 0 Å². The summed E-state index contributed by atoms with van der Waals surface area (Å²) in [5.74, 6) is 0.396. The Morgan fingerprint density at radius 3 is 2.57 bits per heavy atom. The molecule has 1 nitrogen and oxygen atoms in total. The number of halogens is 2. The number of hydrogen-bond acceptors (Lipinski definition) is 1. The van der Waals surface area contributed by atoms with Crippen LogP contribution in [0.2, 0.25) is 0 Å². The van der Waals surface area contributed by atoms with Crippen LogP contribution in [0.25, 0.3) is 0 Å². The van der Waals surface area contributed by atoms with E-state index < -0.39 is 0 Å². The molecule has 0 atom stereocenters. The molecule has 1 heterocycles. The molecule has 0 aliphatic heterocycles. The summed E-state index contributed by atoms with van der Waals surface area (Å²) >= 11 is 3.21. The number of hydrogen-bond donors (Lipinski definition) is 0. The van der Waals surface area contributed by atoms with Gasteiger partial charge in [-0.1, -0.05) is 33.6 Å². The van der Waals surface area contributed by atoms with Crippen LogP contribution in [0.15, 0.2) is 15.2 Å². The Hall–Kier alpha value is -0.310. The number of unbranched alkanes of at least 4 members (excludes halogenated alkanes) is 1. The molecule has 0 unspecified atom stereocenters. The quantitative estimate of drug-likeness (QED) is 0.770. The first-order valence-corrected chi connectivity index (χ1v) is 5.71. The average molecular weight is 263 g/mol. The van der Waals surface area contributed by atoms with Gasteiger partial charge in [0.25, 0.3) is 0 Å². The molecule has 80 valence electrons. The first-order chi connectivity index (χ1) is 6.49. The van der Waals surface area contributed by atoms with Crippen molar-refractivity contribution < 1.29 is 8.81 Å². The molecule has 14 heavy (non-hydrogen) atoms. The number of furan rings is 1. The highest BCUT2D eigenvalue weighted by Crippen LogP contribution is 2.36. The van der Waals surface area contributed by atoms with E-state index in [2.05, 4.69) is 36.7 Å². The van der Waals surface area contributed by atoms with Crippen molar-refractivity contribution >= 4 is 15.9 Å². The molecule has 0 amide bonds. The van der Waals surface area contributed by atoms with Crippen LogP contribution >= 0.6 is 15.9 Å².